The average molecular weight is 268 g/mol. The molecule has 0 aliphatic heterocycles. The van der Waals surface area contributed by atoms with Crippen molar-refractivity contribution in [1.29, 1.82) is 0 Å². The first kappa shape index (κ1) is 9.58. The molecule has 62 valence electrons. The van der Waals surface area contributed by atoms with Crippen molar-refractivity contribution >= 4 is 30.9 Å². The number of hydrogen-bond donors (Lipinski definition) is 1. The first-order valence-corrected chi connectivity index (χ1v) is 6.78. The van der Waals surface area contributed by atoms with E-state index in [1.54, 1.807) is 0 Å². The van der Waals surface area contributed by atoms with Gasteiger partial charge in [-0.15, -0.1) is 0 Å². The van der Waals surface area contributed by atoms with Crippen molar-refractivity contribution in [3.8, 4) is 0 Å². The quantitative estimate of drug-likeness (QED) is 0.792. The van der Waals surface area contributed by atoms with Crippen molar-refractivity contribution < 1.29 is 4.79 Å². The molecule has 3 heteroatoms. The van der Waals surface area contributed by atoms with Crippen LogP contribution in [0.1, 0.15) is 13.3 Å². The molecule has 0 saturated carbocycles. The molecule has 0 fully saturated rings. The van der Waals surface area contributed by atoms with Crippen LogP contribution in [0.3, 0.4) is 0 Å². The van der Waals surface area contributed by atoms with Gasteiger partial charge in [0.15, 0.2) is 0 Å². The molecule has 0 bridgehead atoms. The van der Waals surface area contributed by atoms with Crippen molar-refractivity contribution in [2.75, 3.05) is 0 Å². The predicted molar refractivity (Wildman–Crippen MR) is 50.3 cm³/mol. The summed E-state index contributed by atoms with van der Waals surface area (Å²) < 4.78 is 4.29. The van der Waals surface area contributed by atoms with Crippen LogP contribution in [-0.4, -0.2) is 27.3 Å². The number of rotatable bonds is 3. The van der Waals surface area contributed by atoms with Crippen molar-refractivity contribution in [3.05, 3.63) is 30.3 Å². The fourth-order valence-electron chi connectivity index (χ4n) is 0.752. The number of hydrogen-bond acceptors (Lipinski definition) is 1. The third-order valence-corrected chi connectivity index (χ3v) is 4.37. The minimum atomic E-state index is -0.839. The van der Waals surface area contributed by atoms with E-state index in [9.17, 15) is 4.79 Å². The van der Waals surface area contributed by atoms with Crippen LogP contribution in [0.25, 0.3) is 0 Å². The molecular weight excluding hydrogens is 257 g/mol. The van der Waals surface area contributed by atoms with Gasteiger partial charge in [0.1, 0.15) is 0 Å². The van der Waals surface area contributed by atoms with Gasteiger partial charge in [-0.2, -0.15) is 0 Å². The number of carbonyl (C=O) groups is 1. The van der Waals surface area contributed by atoms with Gasteiger partial charge < -0.3 is 0 Å². The number of nitrogens with one attached hydrogen (secondary N) is 1. The fourth-order valence-corrected chi connectivity index (χ4v) is 3.09. The third kappa shape index (κ3) is 3.26. The Balaban J connectivity index is 2.38. The van der Waals surface area contributed by atoms with E-state index < -0.39 is 21.4 Å². The summed E-state index contributed by atoms with van der Waals surface area (Å²) >= 11 is -0.839. The molecule has 12 heavy (non-hydrogen) atoms. The molecule has 2 radical (unpaired) electrons. The normalized spacial score (nSPS) is 9.42. The standard InChI is InChI=1S/C6H5.C3H7NO.Sn/c1-2-4-6-5-3-1;1-2-3(4)5;/h1-5H;2H2,1H3,(H2,4,5);/q;;+1/p-1. The fraction of sp³-hybridized carbons (Fsp3) is 0.222. The summed E-state index contributed by atoms with van der Waals surface area (Å²) in [6, 6.07) is 10.2. The zero-order chi connectivity index (χ0) is 8.81. The van der Waals surface area contributed by atoms with Crippen LogP contribution in [0.15, 0.2) is 30.3 Å². The minimum absolute atomic E-state index is 0.172. The van der Waals surface area contributed by atoms with Gasteiger partial charge in [-0.05, 0) is 0 Å². The van der Waals surface area contributed by atoms with E-state index in [4.69, 9.17) is 0 Å². The van der Waals surface area contributed by atoms with Crippen LogP contribution in [-0.2, 0) is 4.79 Å². The van der Waals surface area contributed by atoms with Crippen LogP contribution < -0.4 is 7.12 Å². The van der Waals surface area contributed by atoms with Crippen LogP contribution in [0.5, 0.6) is 0 Å². The van der Waals surface area contributed by atoms with Crippen LogP contribution in [0.4, 0.5) is 0 Å². The first-order valence-electron chi connectivity index (χ1n) is 3.93. The van der Waals surface area contributed by atoms with Gasteiger partial charge in [0.25, 0.3) is 0 Å². The molecule has 0 heterocycles. The van der Waals surface area contributed by atoms with Gasteiger partial charge in [-0.25, -0.2) is 0 Å². The molecule has 0 spiro atoms. The third-order valence-electron chi connectivity index (χ3n) is 1.44. The molecule has 1 amide bonds. The predicted octanol–water partition coefficient (Wildman–Crippen LogP) is 0.457. The van der Waals surface area contributed by atoms with Crippen molar-refractivity contribution in [3.63, 3.8) is 0 Å². The van der Waals surface area contributed by atoms with Crippen molar-refractivity contribution in [2.24, 2.45) is 0 Å². The molecule has 0 aliphatic rings. The van der Waals surface area contributed by atoms with Crippen LogP contribution in [0, 0.1) is 0 Å². The molecule has 1 rings (SSSR count). The molecule has 2 nitrogen and oxygen atoms in total. The van der Waals surface area contributed by atoms with E-state index in [1.807, 2.05) is 25.1 Å². The summed E-state index contributed by atoms with van der Waals surface area (Å²) in [5.41, 5.74) is 0. The molecule has 1 aromatic rings. The molecule has 0 aromatic heterocycles. The Bertz CT molecular complexity index is 248. The monoisotopic (exact) mass is 269 g/mol. The number of benzene rings is 1. The van der Waals surface area contributed by atoms with Crippen molar-refractivity contribution in [2.45, 2.75) is 13.3 Å². The van der Waals surface area contributed by atoms with Gasteiger partial charge in [-0.1, -0.05) is 0 Å². The molecule has 0 unspecified atom stereocenters. The van der Waals surface area contributed by atoms with Gasteiger partial charge in [0, 0.05) is 0 Å². The summed E-state index contributed by atoms with van der Waals surface area (Å²) in [7, 11) is 0. The van der Waals surface area contributed by atoms with Crippen LogP contribution in [0.2, 0.25) is 0 Å². The summed E-state index contributed by atoms with van der Waals surface area (Å²) in [4.78, 5) is 10.9. The maximum absolute atomic E-state index is 10.9. The van der Waals surface area contributed by atoms with Crippen LogP contribution >= 0.6 is 0 Å². The molecule has 0 aliphatic carbocycles. The van der Waals surface area contributed by atoms with Crippen molar-refractivity contribution in [1.82, 2.24) is 3.54 Å². The van der Waals surface area contributed by atoms with E-state index in [-0.39, 0.29) is 5.91 Å². The second-order valence-corrected chi connectivity index (χ2v) is 5.47. The maximum atomic E-state index is 10.9. The van der Waals surface area contributed by atoms with E-state index in [0.717, 1.165) is 0 Å². The topological polar surface area (TPSA) is 29.1 Å². The van der Waals surface area contributed by atoms with E-state index in [1.165, 1.54) is 3.58 Å². The SMILES string of the molecule is CCC(=O)[NH][Sn][c]1ccccc1. The second kappa shape index (κ2) is 5.19. The Morgan fingerprint density at radius 1 is 1.42 bits per heavy atom. The number of amides is 1. The van der Waals surface area contributed by atoms with Gasteiger partial charge >= 0.3 is 82.9 Å². The molecule has 0 atom stereocenters. The Morgan fingerprint density at radius 3 is 2.67 bits per heavy atom. The first-order chi connectivity index (χ1) is 5.83. The zero-order valence-corrected chi connectivity index (χ0v) is 9.86. The molecule has 0 saturated heterocycles. The summed E-state index contributed by atoms with van der Waals surface area (Å²) in [5.74, 6) is 0.172. The summed E-state index contributed by atoms with van der Waals surface area (Å²) in [6.07, 6.45) is 0.591. The second-order valence-electron chi connectivity index (χ2n) is 2.39. The molecule has 1 N–H and O–H groups in total. The molecular formula is C9H11NOSn. The zero-order valence-electron chi connectivity index (χ0n) is 7.00. The number of carbonyl (C=O) groups excluding carboxylic acids is 1. The van der Waals surface area contributed by atoms with Gasteiger partial charge in [0.2, 0.25) is 0 Å². The molecule has 1 aromatic carbocycles. The Morgan fingerprint density at radius 2 is 2.08 bits per heavy atom. The van der Waals surface area contributed by atoms with E-state index in [2.05, 4.69) is 15.7 Å². The summed E-state index contributed by atoms with van der Waals surface area (Å²) in [5, 5.41) is 0. The summed E-state index contributed by atoms with van der Waals surface area (Å²) in [6.45, 7) is 1.87. The Labute approximate surface area is 82.9 Å². The van der Waals surface area contributed by atoms with Gasteiger partial charge in [-0.3, -0.25) is 0 Å². The Hall–Kier alpha value is -0.511. The van der Waals surface area contributed by atoms with Gasteiger partial charge in [0.05, 0.1) is 0 Å². The average Bonchev–Trinajstić information content (AvgIpc) is 2.16. The van der Waals surface area contributed by atoms with E-state index >= 15 is 0 Å². The van der Waals surface area contributed by atoms with E-state index in [0.29, 0.717) is 6.42 Å². The Kier molecular flexibility index (Phi) is 4.14.